The van der Waals surface area contributed by atoms with Crippen molar-refractivity contribution in [1.29, 1.82) is 0 Å². The van der Waals surface area contributed by atoms with Crippen molar-refractivity contribution in [3.63, 3.8) is 0 Å². The van der Waals surface area contributed by atoms with Gasteiger partial charge in [0.1, 0.15) is 0 Å². The van der Waals surface area contributed by atoms with Gasteiger partial charge < -0.3 is 15.7 Å². The van der Waals surface area contributed by atoms with E-state index in [1.54, 1.807) is 14.0 Å². The van der Waals surface area contributed by atoms with E-state index in [0.717, 1.165) is 6.42 Å². The fraction of sp³-hybridized carbons (Fsp3) is 0.700. The third kappa shape index (κ3) is 4.70. The molecule has 0 saturated heterocycles. The highest BCUT2D eigenvalue weighted by molar-refractivity contribution is 6.28. The van der Waals surface area contributed by atoms with E-state index in [9.17, 15) is 5.11 Å². The Balaban J connectivity index is 2.65. The Bertz CT molecular complexity index is 372. The Kier molecular flexibility index (Phi) is 4.89. The summed E-state index contributed by atoms with van der Waals surface area (Å²) in [6, 6.07) is 0. The van der Waals surface area contributed by atoms with Crippen LogP contribution in [0, 0.1) is 0 Å². The first kappa shape index (κ1) is 13.9. The molecule has 0 aliphatic heterocycles. The van der Waals surface area contributed by atoms with E-state index >= 15 is 0 Å². The number of anilines is 2. The molecule has 0 aromatic carbocycles. The van der Waals surface area contributed by atoms with Crippen LogP contribution >= 0.6 is 11.6 Å². The van der Waals surface area contributed by atoms with Crippen LogP contribution in [0.4, 0.5) is 11.9 Å². The maximum absolute atomic E-state index is 9.99. The molecular formula is C10H18ClN5O. The zero-order valence-corrected chi connectivity index (χ0v) is 11.0. The normalized spacial score (nSPS) is 14.2. The molecule has 6 nitrogen and oxygen atoms in total. The van der Waals surface area contributed by atoms with E-state index < -0.39 is 5.60 Å². The fourth-order valence-electron chi connectivity index (χ4n) is 1.44. The summed E-state index contributed by atoms with van der Waals surface area (Å²) in [5.74, 6) is 0.744. The third-order valence-electron chi connectivity index (χ3n) is 2.25. The summed E-state index contributed by atoms with van der Waals surface area (Å²) in [5.41, 5.74) is -0.784. The van der Waals surface area contributed by atoms with Gasteiger partial charge in [-0.15, -0.1) is 0 Å². The van der Waals surface area contributed by atoms with Crippen LogP contribution in [0.1, 0.15) is 26.7 Å². The van der Waals surface area contributed by atoms with Crippen LogP contribution in [-0.4, -0.2) is 39.3 Å². The Morgan fingerprint density at radius 3 is 2.53 bits per heavy atom. The van der Waals surface area contributed by atoms with Crippen molar-refractivity contribution < 1.29 is 5.11 Å². The van der Waals surface area contributed by atoms with Gasteiger partial charge >= 0.3 is 0 Å². The Hall–Kier alpha value is -1.14. The highest BCUT2D eigenvalue weighted by Crippen LogP contribution is 2.14. The first-order valence-electron chi connectivity index (χ1n) is 5.52. The summed E-state index contributed by atoms with van der Waals surface area (Å²) < 4.78 is 0. The van der Waals surface area contributed by atoms with Gasteiger partial charge in [0, 0.05) is 13.6 Å². The maximum Gasteiger partial charge on any atom is 0.228 e. The average Bonchev–Trinajstić information content (AvgIpc) is 2.26. The van der Waals surface area contributed by atoms with Gasteiger partial charge in [0.2, 0.25) is 17.2 Å². The second kappa shape index (κ2) is 5.97. The van der Waals surface area contributed by atoms with Crippen molar-refractivity contribution in [3.8, 4) is 0 Å². The number of rotatable bonds is 6. The number of hydrogen-bond donors (Lipinski definition) is 3. The van der Waals surface area contributed by atoms with Crippen molar-refractivity contribution in [2.75, 3.05) is 24.2 Å². The molecule has 1 heterocycles. The maximum atomic E-state index is 9.99. The van der Waals surface area contributed by atoms with E-state index in [-0.39, 0.29) is 5.28 Å². The quantitative estimate of drug-likeness (QED) is 0.719. The Morgan fingerprint density at radius 2 is 1.94 bits per heavy atom. The molecule has 3 N–H and O–H groups in total. The van der Waals surface area contributed by atoms with Crippen molar-refractivity contribution in [2.24, 2.45) is 0 Å². The van der Waals surface area contributed by atoms with Crippen molar-refractivity contribution >= 4 is 23.5 Å². The summed E-state index contributed by atoms with van der Waals surface area (Å²) in [6.45, 7) is 4.16. The minimum atomic E-state index is -0.784. The predicted molar refractivity (Wildman–Crippen MR) is 68.4 cm³/mol. The number of aromatic nitrogens is 3. The summed E-state index contributed by atoms with van der Waals surface area (Å²) in [5, 5.41) is 15.8. The van der Waals surface area contributed by atoms with Crippen LogP contribution in [0.3, 0.4) is 0 Å². The minimum absolute atomic E-state index is 0.113. The largest absolute Gasteiger partial charge is 0.388 e. The molecule has 17 heavy (non-hydrogen) atoms. The van der Waals surface area contributed by atoms with Gasteiger partial charge in [0.05, 0.1) is 5.60 Å². The topological polar surface area (TPSA) is 83.0 Å². The molecule has 0 aliphatic carbocycles. The van der Waals surface area contributed by atoms with Gasteiger partial charge in [-0.1, -0.05) is 13.3 Å². The van der Waals surface area contributed by atoms with Gasteiger partial charge in [-0.2, -0.15) is 15.0 Å². The van der Waals surface area contributed by atoms with Crippen molar-refractivity contribution in [1.82, 2.24) is 15.0 Å². The second-order valence-corrected chi connectivity index (χ2v) is 4.44. The fourth-order valence-corrected chi connectivity index (χ4v) is 1.60. The molecule has 96 valence electrons. The number of nitrogens with one attached hydrogen (secondary N) is 2. The zero-order valence-electron chi connectivity index (χ0n) is 10.3. The van der Waals surface area contributed by atoms with Crippen molar-refractivity contribution in [2.45, 2.75) is 32.3 Å². The summed E-state index contributed by atoms with van der Waals surface area (Å²) in [7, 11) is 1.70. The Morgan fingerprint density at radius 1 is 1.29 bits per heavy atom. The van der Waals surface area contributed by atoms with E-state index in [2.05, 4.69) is 25.6 Å². The molecule has 1 atom stereocenters. The second-order valence-electron chi connectivity index (χ2n) is 4.10. The molecule has 0 bridgehead atoms. The van der Waals surface area contributed by atoms with Crippen LogP contribution in [0.5, 0.6) is 0 Å². The predicted octanol–water partition coefficient (Wildman–Crippen LogP) is 1.53. The molecule has 0 aliphatic rings. The molecule has 0 radical (unpaired) electrons. The lowest BCUT2D eigenvalue weighted by Crippen LogP contribution is -2.33. The third-order valence-corrected chi connectivity index (χ3v) is 2.42. The smallest absolute Gasteiger partial charge is 0.228 e. The lowest BCUT2D eigenvalue weighted by Gasteiger charge is -2.22. The number of aliphatic hydroxyl groups is 1. The van der Waals surface area contributed by atoms with Crippen LogP contribution < -0.4 is 10.6 Å². The molecule has 0 spiro atoms. The molecule has 0 saturated carbocycles. The number of nitrogens with zero attached hydrogens (tertiary/aromatic N) is 3. The molecule has 7 heteroatoms. The summed E-state index contributed by atoms with van der Waals surface area (Å²) in [6.07, 6.45) is 1.62. The molecule has 1 aromatic heterocycles. The molecular weight excluding hydrogens is 242 g/mol. The molecule has 1 rings (SSSR count). The monoisotopic (exact) mass is 259 g/mol. The first-order chi connectivity index (χ1) is 7.96. The van der Waals surface area contributed by atoms with Gasteiger partial charge in [-0.05, 0) is 24.9 Å². The van der Waals surface area contributed by atoms with E-state index in [1.165, 1.54) is 0 Å². The van der Waals surface area contributed by atoms with Gasteiger partial charge in [0.15, 0.2) is 0 Å². The van der Waals surface area contributed by atoms with Crippen LogP contribution in [-0.2, 0) is 0 Å². The molecule has 0 amide bonds. The number of halogens is 1. The number of hydrogen-bond acceptors (Lipinski definition) is 6. The summed E-state index contributed by atoms with van der Waals surface area (Å²) >= 11 is 5.74. The average molecular weight is 260 g/mol. The van der Waals surface area contributed by atoms with Gasteiger partial charge in [-0.3, -0.25) is 0 Å². The highest BCUT2D eigenvalue weighted by atomic mass is 35.5. The molecule has 1 aromatic rings. The Labute approximate surface area is 106 Å². The van der Waals surface area contributed by atoms with Gasteiger partial charge in [-0.25, -0.2) is 0 Å². The van der Waals surface area contributed by atoms with Crippen molar-refractivity contribution in [3.05, 3.63) is 5.28 Å². The first-order valence-corrected chi connectivity index (χ1v) is 5.90. The van der Waals surface area contributed by atoms with E-state index in [1.807, 2.05) is 6.92 Å². The van der Waals surface area contributed by atoms with E-state index in [4.69, 9.17) is 11.6 Å². The lowest BCUT2D eigenvalue weighted by atomic mass is 10.0. The molecule has 1 unspecified atom stereocenters. The van der Waals surface area contributed by atoms with Crippen LogP contribution in [0.15, 0.2) is 0 Å². The minimum Gasteiger partial charge on any atom is -0.388 e. The zero-order chi connectivity index (χ0) is 12.9. The van der Waals surface area contributed by atoms with E-state index in [0.29, 0.717) is 24.9 Å². The highest BCUT2D eigenvalue weighted by Gasteiger charge is 2.19. The SMILES string of the molecule is CCCC(C)(O)CNc1nc(Cl)nc(NC)n1. The molecule has 0 fully saturated rings. The summed E-state index contributed by atoms with van der Waals surface area (Å²) in [4.78, 5) is 11.9. The van der Waals surface area contributed by atoms with Crippen LogP contribution in [0.25, 0.3) is 0 Å². The van der Waals surface area contributed by atoms with Crippen LogP contribution in [0.2, 0.25) is 5.28 Å². The standard InChI is InChI=1S/C10H18ClN5O/c1-4-5-10(2,17)6-13-9-15-7(11)14-8(12-3)16-9/h17H,4-6H2,1-3H3,(H2,12,13,14,15,16). The van der Waals surface area contributed by atoms with Gasteiger partial charge in [0.25, 0.3) is 0 Å². The lowest BCUT2D eigenvalue weighted by molar-refractivity contribution is 0.0635.